The Kier molecular flexibility index (Phi) is 11.6. The lowest BCUT2D eigenvalue weighted by molar-refractivity contribution is -0.140. The minimum atomic E-state index is -4.30. The molecule has 0 unspecified atom stereocenters. The van der Waals surface area contributed by atoms with Gasteiger partial charge in [-0.3, -0.25) is 13.9 Å². The smallest absolute Gasteiger partial charge is 0.264 e. The lowest BCUT2D eigenvalue weighted by atomic mass is 9.94. The highest BCUT2D eigenvalue weighted by Crippen LogP contribution is 2.33. The minimum absolute atomic E-state index is 0.00238. The van der Waals surface area contributed by atoms with Gasteiger partial charge in [-0.1, -0.05) is 121 Å². The third-order valence-electron chi connectivity index (χ3n) is 8.48. The van der Waals surface area contributed by atoms with Crippen molar-refractivity contribution in [3.63, 3.8) is 0 Å². The first-order chi connectivity index (χ1) is 22.6. The van der Waals surface area contributed by atoms with Gasteiger partial charge in [-0.25, -0.2) is 8.42 Å². The number of carbonyl (C=O) groups excluding carboxylic acids is 2. The molecule has 1 N–H and O–H groups in total. The normalized spacial score (nSPS) is 14.3. The first kappa shape index (κ1) is 34.5. The molecule has 1 fully saturated rings. The standard InChI is InChI=1S/C37H39Cl2N3O4S/c1-27-17-20-32(21-18-27)47(45,46)42(34-24-30(38)19-22-33(34)39)26-36(43)41(25-29-13-7-3-8-14-29)35(23-28-11-5-2-6-12-28)37(44)40-31-15-9-4-10-16-31/h2-3,5-8,11-14,17-22,24,31,35H,4,9-10,15-16,23,25-26H2,1H3,(H,40,44)/t35-/m0/s1. The minimum Gasteiger partial charge on any atom is -0.352 e. The Morgan fingerprint density at radius 2 is 1.45 bits per heavy atom. The molecule has 0 spiro atoms. The van der Waals surface area contributed by atoms with Gasteiger partial charge in [0.05, 0.1) is 15.6 Å². The van der Waals surface area contributed by atoms with E-state index in [4.69, 9.17) is 23.2 Å². The van der Waals surface area contributed by atoms with Crippen molar-refractivity contribution in [2.45, 2.75) is 69.0 Å². The van der Waals surface area contributed by atoms with E-state index in [0.29, 0.717) is 0 Å². The van der Waals surface area contributed by atoms with E-state index >= 15 is 0 Å². The fraction of sp³-hybridized carbons (Fsp3) is 0.297. The Bertz CT molecular complexity index is 1760. The molecular weight excluding hydrogens is 653 g/mol. The van der Waals surface area contributed by atoms with Crippen LogP contribution in [0.15, 0.2) is 108 Å². The maximum absolute atomic E-state index is 14.7. The number of nitrogens with one attached hydrogen (secondary N) is 1. The molecule has 10 heteroatoms. The molecule has 0 aromatic heterocycles. The lowest BCUT2D eigenvalue weighted by Gasteiger charge is -2.35. The number of amides is 2. The van der Waals surface area contributed by atoms with Crippen molar-refractivity contribution in [3.05, 3.63) is 130 Å². The molecule has 5 rings (SSSR count). The zero-order chi connectivity index (χ0) is 33.4. The molecule has 2 amide bonds. The average molecular weight is 693 g/mol. The SMILES string of the molecule is Cc1ccc(S(=O)(=O)N(CC(=O)N(Cc2ccccc2)[C@@H](Cc2ccccc2)C(=O)NC2CCCCC2)c2cc(Cl)ccc2Cl)cc1. The average Bonchev–Trinajstić information content (AvgIpc) is 3.08. The summed E-state index contributed by atoms with van der Waals surface area (Å²) in [6.07, 6.45) is 5.22. The zero-order valence-electron chi connectivity index (χ0n) is 26.3. The molecule has 1 aliphatic rings. The molecule has 0 aliphatic heterocycles. The maximum Gasteiger partial charge on any atom is 0.264 e. The van der Waals surface area contributed by atoms with Crippen molar-refractivity contribution < 1.29 is 18.0 Å². The van der Waals surface area contributed by atoms with E-state index in [1.807, 2.05) is 67.6 Å². The highest BCUT2D eigenvalue weighted by atomic mass is 35.5. The van der Waals surface area contributed by atoms with Crippen LogP contribution in [0.25, 0.3) is 0 Å². The predicted molar refractivity (Wildman–Crippen MR) is 188 cm³/mol. The lowest BCUT2D eigenvalue weighted by Crippen LogP contribution is -2.55. The Balaban J connectivity index is 1.57. The number of hydrogen-bond donors (Lipinski definition) is 1. The highest BCUT2D eigenvalue weighted by Gasteiger charge is 2.36. The van der Waals surface area contributed by atoms with Crippen molar-refractivity contribution in [1.82, 2.24) is 10.2 Å². The number of carbonyl (C=O) groups is 2. The molecular formula is C37H39Cl2N3O4S. The summed E-state index contributed by atoms with van der Waals surface area (Å²) < 4.78 is 29.5. The van der Waals surface area contributed by atoms with Gasteiger partial charge in [0.1, 0.15) is 12.6 Å². The van der Waals surface area contributed by atoms with E-state index in [1.54, 1.807) is 18.2 Å². The van der Waals surface area contributed by atoms with Crippen molar-refractivity contribution >= 4 is 50.7 Å². The third-order valence-corrected chi connectivity index (χ3v) is 10.8. The van der Waals surface area contributed by atoms with Crippen LogP contribution < -0.4 is 9.62 Å². The Hall–Kier alpha value is -3.85. The zero-order valence-corrected chi connectivity index (χ0v) is 28.6. The van der Waals surface area contributed by atoms with E-state index in [1.165, 1.54) is 29.2 Å². The summed E-state index contributed by atoms with van der Waals surface area (Å²) in [6, 6.07) is 28.9. The van der Waals surface area contributed by atoms with Crippen molar-refractivity contribution in [2.75, 3.05) is 10.8 Å². The van der Waals surface area contributed by atoms with Gasteiger partial charge in [0.25, 0.3) is 10.0 Å². The van der Waals surface area contributed by atoms with Crippen LogP contribution >= 0.6 is 23.2 Å². The van der Waals surface area contributed by atoms with Crippen molar-refractivity contribution in [3.8, 4) is 0 Å². The second-order valence-electron chi connectivity index (χ2n) is 12.0. The van der Waals surface area contributed by atoms with Crippen LogP contribution in [0.2, 0.25) is 10.0 Å². The number of rotatable bonds is 12. The molecule has 7 nitrogen and oxygen atoms in total. The maximum atomic E-state index is 14.7. The largest absolute Gasteiger partial charge is 0.352 e. The molecule has 1 atom stereocenters. The van der Waals surface area contributed by atoms with Gasteiger partial charge in [-0.15, -0.1) is 0 Å². The summed E-state index contributed by atoms with van der Waals surface area (Å²) in [4.78, 5) is 30.3. The third kappa shape index (κ3) is 8.95. The Morgan fingerprint density at radius 3 is 2.09 bits per heavy atom. The van der Waals surface area contributed by atoms with Gasteiger partial charge in [0, 0.05) is 24.0 Å². The monoisotopic (exact) mass is 691 g/mol. The summed E-state index contributed by atoms with van der Waals surface area (Å²) in [6.45, 7) is 1.35. The fourth-order valence-electron chi connectivity index (χ4n) is 5.91. The molecule has 0 saturated heterocycles. The van der Waals surface area contributed by atoms with Gasteiger partial charge < -0.3 is 10.2 Å². The summed E-state index contributed by atoms with van der Waals surface area (Å²) in [7, 11) is -4.30. The van der Waals surface area contributed by atoms with E-state index in [9.17, 15) is 18.0 Å². The van der Waals surface area contributed by atoms with Crippen LogP contribution in [0.5, 0.6) is 0 Å². The van der Waals surface area contributed by atoms with Crippen LogP contribution in [0.4, 0.5) is 5.69 Å². The molecule has 47 heavy (non-hydrogen) atoms. The molecule has 4 aromatic carbocycles. The molecule has 1 saturated carbocycles. The van der Waals surface area contributed by atoms with Gasteiger partial charge in [-0.05, 0) is 61.2 Å². The van der Waals surface area contributed by atoms with Gasteiger partial charge in [0.2, 0.25) is 11.8 Å². The van der Waals surface area contributed by atoms with Crippen LogP contribution in [-0.4, -0.2) is 43.8 Å². The number of aryl methyl sites for hydroxylation is 1. The number of nitrogens with zero attached hydrogens (tertiary/aromatic N) is 2. The predicted octanol–water partition coefficient (Wildman–Crippen LogP) is 7.59. The summed E-state index contributed by atoms with van der Waals surface area (Å²) >= 11 is 12.9. The van der Waals surface area contributed by atoms with Gasteiger partial charge in [-0.2, -0.15) is 0 Å². The quantitative estimate of drug-likeness (QED) is 0.166. The van der Waals surface area contributed by atoms with Gasteiger partial charge >= 0.3 is 0 Å². The van der Waals surface area contributed by atoms with E-state index in [-0.39, 0.29) is 45.5 Å². The van der Waals surface area contributed by atoms with E-state index < -0.39 is 28.5 Å². The fourth-order valence-corrected chi connectivity index (χ4v) is 7.77. The Labute approximate surface area is 287 Å². The molecule has 0 radical (unpaired) electrons. The molecule has 0 bridgehead atoms. The van der Waals surface area contributed by atoms with Crippen LogP contribution in [-0.2, 0) is 32.6 Å². The molecule has 1 aliphatic carbocycles. The first-order valence-electron chi connectivity index (χ1n) is 15.8. The second-order valence-corrected chi connectivity index (χ2v) is 14.7. The highest BCUT2D eigenvalue weighted by molar-refractivity contribution is 7.92. The van der Waals surface area contributed by atoms with E-state index in [0.717, 1.165) is 53.1 Å². The number of benzene rings is 4. The molecule has 246 valence electrons. The van der Waals surface area contributed by atoms with Crippen LogP contribution in [0, 0.1) is 6.92 Å². The first-order valence-corrected chi connectivity index (χ1v) is 18.0. The number of halogens is 2. The summed E-state index contributed by atoms with van der Waals surface area (Å²) in [5.41, 5.74) is 2.63. The van der Waals surface area contributed by atoms with Crippen molar-refractivity contribution in [1.29, 1.82) is 0 Å². The van der Waals surface area contributed by atoms with Gasteiger partial charge in [0.15, 0.2) is 0 Å². The summed E-state index contributed by atoms with van der Waals surface area (Å²) in [5.74, 6) is -0.820. The second kappa shape index (κ2) is 15.8. The summed E-state index contributed by atoms with van der Waals surface area (Å²) in [5, 5.41) is 3.59. The van der Waals surface area contributed by atoms with Crippen molar-refractivity contribution in [2.24, 2.45) is 0 Å². The van der Waals surface area contributed by atoms with E-state index in [2.05, 4.69) is 5.32 Å². The number of anilines is 1. The van der Waals surface area contributed by atoms with Crippen LogP contribution in [0.1, 0.15) is 48.8 Å². The topological polar surface area (TPSA) is 86.8 Å². The molecule has 0 heterocycles. The Morgan fingerprint density at radius 1 is 0.830 bits per heavy atom. The molecule has 4 aromatic rings. The number of sulfonamides is 1. The van der Waals surface area contributed by atoms with Crippen LogP contribution in [0.3, 0.4) is 0 Å². The number of hydrogen-bond acceptors (Lipinski definition) is 4.